The van der Waals surface area contributed by atoms with Crippen LogP contribution in [0.15, 0.2) is 29.3 Å². The van der Waals surface area contributed by atoms with Crippen LogP contribution in [0.25, 0.3) is 0 Å². The van der Waals surface area contributed by atoms with Crippen molar-refractivity contribution in [2.75, 3.05) is 11.1 Å². The van der Waals surface area contributed by atoms with Gasteiger partial charge in [0.1, 0.15) is 11.1 Å². The molecule has 0 bridgehead atoms. The van der Waals surface area contributed by atoms with Gasteiger partial charge >= 0.3 is 5.97 Å². The lowest BCUT2D eigenvalue weighted by Crippen LogP contribution is -2.15. The number of halogens is 1. The highest BCUT2D eigenvalue weighted by Crippen LogP contribution is 2.27. The molecule has 2 N–H and O–H groups in total. The number of aryl methyl sites for hydroxylation is 2. The zero-order chi connectivity index (χ0) is 20.8. The van der Waals surface area contributed by atoms with Gasteiger partial charge in [0.25, 0.3) is 0 Å². The maximum atomic E-state index is 12.3. The lowest BCUT2D eigenvalue weighted by Gasteiger charge is -2.15. The summed E-state index contributed by atoms with van der Waals surface area (Å²) in [7, 11) is 0. The Balaban J connectivity index is 1.70. The zero-order valence-corrected chi connectivity index (χ0v) is 17.3. The van der Waals surface area contributed by atoms with Crippen LogP contribution in [-0.4, -0.2) is 27.7 Å². The molecule has 1 aromatic carbocycles. The van der Waals surface area contributed by atoms with E-state index in [1.54, 1.807) is 6.07 Å². The molecule has 0 saturated heterocycles. The number of nitriles is 1. The second-order valence-corrected chi connectivity index (χ2v) is 8.18. The van der Waals surface area contributed by atoms with Gasteiger partial charge in [-0.2, -0.15) is 5.26 Å². The SMILES string of the molecule is N#Cc1cc2c(nc1SCC(=O)Nc1ccc(Cl)c(C(=O)O)c1)CCCCCC2. The number of aromatic carboxylic acids is 1. The van der Waals surface area contributed by atoms with Crippen LogP contribution in [0.2, 0.25) is 5.02 Å². The molecule has 1 aromatic heterocycles. The van der Waals surface area contributed by atoms with Crippen LogP contribution >= 0.6 is 23.4 Å². The average Bonchev–Trinajstić information content (AvgIpc) is 2.68. The molecular formula is C21H20ClN3O3S. The Morgan fingerprint density at radius 2 is 1.97 bits per heavy atom. The van der Waals surface area contributed by atoms with Crippen LogP contribution in [0.1, 0.15) is 52.9 Å². The molecule has 1 heterocycles. The summed E-state index contributed by atoms with van der Waals surface area (Å²) < 4.78 is 0. The molecule has 0 radical (unpaired) electrons. The topological polar surface area (TPSA) is 103 Å². The lowest BCUT2D eigenvalue weighted by atomic mass is 9.96. The monoisotopic (exact) mass is 429 g/mol. The number of hydrogen-bond donors (Lipinski definition) is 2. The van der Waals surface area contributed by atoms with Crippen LogP contribution in [0.4, 0.5) is 5.69 Å². The maximum Gasteiger partial charge on any atom is 0.337 e. The lowest BCUT2D eigenvalue weighted by molar-refractivity contribution is -0.113. The highest BCUT2D eigenvalue weighted by Gasteiger charge is 2.16. The Kier molecular flexibility index (Phi) is 7.13. The molecule has 0 fully saturated rings. The van der Waals surface area contributed by atoms with Crippen molar-refractivity contribution in [3.63, 3.8) is 0 Å². The van der Waals surface area contributed by atoms with E-state index in [9.17, 15) is 14.9 Å². The standard InChI is InChI=1S/C21H20ClN3O3S/c22-17-8-7-15(10-16(17)21(27)28)24-19(26)12-29-20-14(11-23)9-13-5-3-1-2-4-6-18(13)25-20/h7-10H,1-6,12H2,(H,24,26)(H,27,28). The van der Waals surface area contributed by atoms with E-state index >= 15 is 0 Å². The van der Waals surface area contributed by atoms with Crippen LogP contribution in [-0.2, 0) is 17.6 Å². The van der Waals surface area contributed by atoms with Gasteiger partial charge in [-0.25, -0.2) is 9.78 Å². The van der Waals surface area contributed by atoms with Gasteiger partial charge in [-0.3, -0.25) is 4.79 Å². The van der Waals surface area contributed by atoms with E-state index in [0.717, 1.165) is 36.9 Å². The van der Waals surface area contributed by atoms with E-state index in [2.05, 4.69) is 16.4 Å². The molecule has 2 aromatic rings. The van der Waals surface area contributed by atoms with Crippen LogP contribution in [0, 0.1) is 11.3 Å². The number of carboxylic acid groups (broad SMARTS) is 1. The van der Waals surface area contributed by atoms with Crippen LogP contribution < -0.4 is 5.32 Å². The Morgan fingerprint density at radius 3 is 2.69 bits per heavy atom. The minimum atomic E-state index is -1.16. The number of benzene rings is 1. The summed E-state index contributed by atoms with van der Waals surface area (Å²) in [4.78, 5) is 28.2. The first kappa shape index (κ1) is 21.2. The molecule has 0 aliphatic heterocycles. The third-order valence-corrected chi connectivity index (χ3v) is 6.03. The van der Waals surface area contributed by atoms with Gasteiger partial charge in [0, 0.05) is 11.4 Å². The predicted octanol–water partition coefficient (Wildman–Crippen LogP) is 4.69. The van der Waals surface area contributed by atoms with Crippen molar-refractivity contribution in [3.05, 3.63) is 51.7 Å². The van der Waals surface area contributed by atoms with Gasteiger partial charge in [-0.15, -0.1) is 0 Å². The van der Waals surface area contributed by atoms with Crippen molar-refractivity contribution >= 4 is 40.9 Å². The molecule has 6 nitrogen and oxygen atoms in total. The van der Waals surface area contributed by atoms with Gasteiger partial charge in [0.15, 0.2) is 0 Å². The molecule has 1 aliphatic carbocycles. The Hall–Kier alpha value is -2.56. The number of anilines is 1. The number of aromatic nitrogens is 1. The summed E-state index contributed by atoms with van der Waals surface area (Å²) in [6, 6.07) is 8.38. The van der Waals surface area contributed by atoms with Gasteiger partial charge in [0.2, 0.25) is 5.91 Å². The number of thioether (sulfide) groups is 1. The van der Waals surface area contributed by atoms with Crippen molar-refractivity contribution in [3.8, 4) is 6.07 Å². The molecule has 0 atom stereocenters. The highest BCUT2D eigenvalue weighted by atomic mass is 35.5. The molecule has 3 rings (SSSR count). The first-order valence-corrected chi connectivity index (χ1v) is 10.7. The fourth-order valence-electron chi connectivity index (χ4n) is 3.26. The molecule has 1 aliphatic rings. The fraction of sp³-hybridized carbons (Fsp3) is 0.333. The summed E-state index contributed by atoms with van der Waals surface area (Å²) in [5.74, 6) is -1.42. The number of nitrogens with zero attached hydrogens (tertiary/aromatic N) is 2. The van der Waals surface area contributed by atoms with Gasteiger partial charge in [0.05, 0.1) is 21.9 Å². The smallest absolute Gasteiger partial charge is 0.337 e. The number of rotatable bonds is 5. The predicted molar refractivity (Wildman–Crippen MR) is 113 cm³/mol. The van der Waals surface area contributed by atoms with Gasteiger partial charge in [-0.1, -0.05) is 36.2 Å². The minimum Gasteiger partial charge on any atom is -0.478 e. The van der Waals surface area contributed by atoms with Gasteiger partial charge in [-0.05, 0) is 55.5 Å². The quantitative estimate of drug-likeness (QED) is 0.668. The first-order chi connectivity index (χ1) is 14.0. The van der Waals surface area contributed by atoms with E-state index in [1.807, 2.05) is 6.07 Å². The summed E-state index contributed by atoms with van der Waals surface area (Å²) in [5.41, 5.74) is 2.92. The Bertz CT molecular complexity index is 988. The third-order valence-electron chi connectivity index (χ3n) is 4.71. The fourth-order valence-corrected chi connectivity index (χ4v) is 4.23. The first-order valence-electron chi connectivity index (χ1n) is 9.36. The molecule has 29 heavy (non-hydrogen) atoms. The van der Waals surface area contributed by atoms with E-state index in [4.69, 9.17) is 16.7 Å². The normalized spacial score (nSPS) is 13.5. The number of carbonyl (C=O) groups is 2. The molecule has 1 amide bonds. The second kappa shape index (κ2) is 9.77. The average molecular weight is 430 g/mol. The summed E-state index contributed by atoms with van der Waals surface area (Å²) >= 11 is 7.06. The number of carbonyl (C=O) groups excluding carboxylic acids is 1. The number of amides is 1. The molecular weight excluding hydrogens is 410 g/mol. The summed E-state index contributed by atoms with van der Waals surface area (Å²) in [6.45, 7) is 0. The van der Waals surface area contributed by atoms with E-state index < -0.39 is 5.97 Å². The minimum absolute atomic E-state index is 0.0610. The third kappa shape index (κ3) is 5.49. The Morgan fingerprint density at radius 1 is 1.21 bits per heavy atom. The number of fused-ring (bicyclic) bond motifs is 1. The summed E-state index contributed by atoms with van der Waals surface area (Å²) in [6.07, 6.45) is 6.40. The highest BCUT2D eigenvalue weighted by molar-refractivity contribution is 8.00. The van der Waals surface area contributed by atoms with Crippen LogP contribution in [0.5, 0.6) is 0 Å². The number of pyridine rings is 1. The number of hydrogen-bond acceptors (Lipinski definition) is 5. The Labute approximate surface area is 178 Å². The van der Waals surface area contributed by atoms with E-state index in [0.29, 0.717) is 16.3 Å². The molecule has 0 spiro atoms. The maximum absolute atomic E-state index is 12.3. The van der Waals surface area contributed by atoms with Crippen molar-refractivity contribution in [2.24, 2.45) is 0 Å². The number of nitrogens with one attached hydrogen (secondary N) is 1. The molecule has 8 heteroatoms. The van der Waals surface area contributed by atoms with Crippen molar-refractivity contribution in [1.82, 2.24) is 4.98 Å². The van der Waals surface area contributed by atoms with Gasteiger partial charge < -0.3 is 10.4 Å². The van der Waals surface area contributed by atoms with Crippen molar-refractivity contribution in [1.29, 1.82) is 5.26 Å². The second-order valence-electron chi connectivity index (χ2n) is 6.81. The number of carboxylic acids is 1. The zero-order valence-electron chi connectivity index (χ0n) is 15.7. The van der Waals surface area contributed by atoms with E-state index in [1.165, 1.54) is 36.7 Å². The molecule has 0 saturated carbocycles. The molecule has 150 valence electrons. The van der Waals surface area contributed by atoms with Crippen LogP contribution in [0.3, 0.4) is 0 Å². The van der Waals surface area contributed by atoms with E-state index in [-0.39, 0.29) is 22.2 Å². The molecule has 0 unspecified atom stereocenters. The van der Waals surface area contributed by atoms with Crippen molar-refractivity contribution < 1.29 is 14.7 Å². The largest absolute Gasteiger partial charge is 0.478 e. The van der Waals surface area contributed by atoms with Crippen molar-refractivity contribution in [2.45, 2.75) is 43.6 Å². The summed E-state index contributed by atoms with van der Waals surface area (Å²) in [5, 5.41) is 21.9.